The first-order valence-corrected chi connectivity index (χ1v) is 9.49. The highest BCUT2D eigenvalue weighted by Gasteiger charge is 2.19. The summed E-state index contributed by atoms with van der Waals surface area (Å²) in [6.07, 6.45) is -0.0977. The molecule has 7 heteroatoms. The van der Waals surface area contributed by atoms with Gasteiger partial charge in [-0.3, -0.25) is 4.79 Å². The van der Waals surface area contributed by atoms with Gasteiger partial charge in [0.15, 0.2) is 18.5 Å². The Morgan fingerprint density at radius 3 is 2.62 bits per heavy atom. The number of aromatic nitrogens is 2. The number of ether oxygens (including phenoxy) is 2. The maximum Gasteiger partial charge on any atom is 0.264 e. The van der Waals surface area contributed by atoms with Crippen LogP contribution in [0, 0.1) is 6.92 Å². The molecule has 0 fully saturated rings. The Morgan fingerprint density at radius 2 is 1.86 bits per heavy atom. The summed E-state index contributed by atoms with van der Waals surface area (Å²) < 4.78 is 16.6. The van der Waals surface area contributed by atoms with E-state index in [1.54, 1.807) is 18.9 Å². The average molecular weight is 395 g/mol. The van der Waals surface area contributed by atoms with Crippen molar-refractivity contribution in [2.45, 2.75) is 33.0 Å². The third-order valence-corrected chi connectivity index (χ3v) is 4.41. The second-order valence-corrected chi connectivity index (χ2v) is 6.74. The van der Waals surface area contributed by atoms with E-state index < -0.39 is 6.10 Å². The Balaban J connectivity index is 1.46. The molecule has 0 saturated heterocycles. The van der Waals surface area contributed by atoms with Crippen LogP contribution in [-0.4, -0.2) is 40.6 Å². The number of amides is 1. The van der Waals surface area contributed by atoms with Gasteiger partial charge in [-0.2, -0.15) is 4.98 Å². The van der Waals surface area contributed by atoms with E-state index in [1.165, 1.54) is 0 Å². The zero-order valence-electron chi connectivity index (χ0n) is 16.9. The molecule has 1 atom stereocenters. The minimum atomic E-state index is -0.578. The largest absolute Gasteiger partial charge is 0.483 e. The van der Waals surface area contributed by atoms with Crippen molar-refractivity contribution in [3.8, 4) is 11.5 Å². The van der Waals surface area contributed by atoms with Crippen molar-refractivity contribution >= 4 is 5.91 Å². The predicted molar refractivity (Wildman–Crippen MR) is 108 cm³/mol. The van der Waals surface area contributed by atoms with Crippen molar-refractivity contribution in [2.24, 2.45) is 0 Å². The number of para-hydroxylation sites is 2. The molecule has 3 rings (SSSR count). The molecule has 0 radical (unpaired) electrons. The molecule has 0 aliphatic carbocycles. The second-order valence-electron chi connectivity index (χ2n) is 6.74. The molecule has 0 spiro atoms. The number of benzene rings is 2. The topological polar surface area (TPSA) is 77.7 Å². The van der Waals surface area contributed by atoms with Crippen LogP contribution in [0.15, 0.2) is 59.1 Å². The summed E-state index contributed by atoms with van der Waals surface area (Å²) in [6, 6.07) is 17.0. The summed E-state index contributed by atoms with van der Waals surface area (Å²) >= 11 is 0. The first-order valence-electron chi connectivity index (χ1n) is 9.49. The van der Waals surface area contributed by atoms with Gasteiger partial charge in [0.05, 0.1) is 0 Å². The number of aryl methyl sites for hydroxylation is 1. The molecule has 3 aromatic rings. The van der Waals surface area contributed by atoms with Gasteiger partial charge >= 0.3 is 0 Å². The maximum atomic E-state index is 12.5. The van der Waals surface area contributed by atoms with Crippen LogP contribution < -0.4 is 9.47 Å². The highest BCUT2D eigenvalue weighted by atomic mass is 16.5. The van der Waals surface area contributed by atoms with Crippen molar-refractivity contribution in [1.82, 2.24) is 15.0 Å². The van der Waals surface area contributed by atoms with E-state index >= 15 is 0 Å². The van der Waals surface area contributed by atoms with Gasteiger partial charge in [-0.15, -0.1) is 0 Å². The first kappa shape index (κ1) is 20.4. The maximum absolute atomic E-state index is 12.5. The Bertz CT molecular complexity index is 927. The molecule has 7 nitrogen and oxygen atoms in total. The lowest BCUT2D eigenvalue weighted by molar-refractivity contribution is -0.136. The molecular weight excluding hydrogens is 370 g/mol. The van der Waals surface area contributed by atoms with E-state index in [4.69, 9.17) is 14.0 Å². The zero-order chi connectivity index (χ0) is 20.6. The standard InChI is InChI=1S/C22H25N3O4/c1-16-9-7-8-12-19(16)27-15-21-23-20(24-29-21)13-14-25(3)22(26)17(2)28-18-10-5-4-6-11-18/h4-12,17H,13-15H2,1-3H3/t17-/m1/s1. The highest BCUT2D eigenvalue weighted by Crippen LogP contribution is 2.17. The fourth-order valence-electron chi connectivity index (χ4n) is 2.75. The monoisotopic (exact) mass is 395 g/mol. The molecule has 0 aliphatic rings. The number of hydrogen-bond donors (Lipinski definition) is 0. The van der Waals surface area contributed by atoms with E-state index in [0.29, 0.717) is 30.4 Å². The van der Waals surface area contributed by atoms with Gasteiger partial charge in [0.25, 0.3) is 11.8 Å². The highest BCUT2D eigenvalue weighted by molar-refractivity contribution is 5.80. The zero-order valence-corrected chi connectivity index (χ0v) is 16.9. The predicted octanol–water partition coefficient (Wildman–Crippen LogP) is 3.43. The molecule has 29 heavy (non-hydrogen) atoms. The third-order valence-electron chi connectivity index (χ3n) is 4.41. The normalized spacial score (nSPS) is 11.7. The third kappa shape index (κ3) is 5.81. The summed E-state index contributed by atoms with van der Waals surface area (Å²) in [6.45, 7) is 4.37. The van der Waals surface area contributed by atoms with E-state index in [1.807, 2.05) is 61.5 Å². The van der Waals surface area contributed by atoms with Crippen LogP contribution in [0.1, 0.15) is 24.2 Å². The summed E-state index contributed by atoms with van der Waals surface area (Å²) in [5.74, 6) is 2.27. The van der Waals surface area contributed by atoms with Gasteiger partial charge in [0.2, 0.25) is 0 Å². The minimum absolute atomic E-state index is 0.111. The molecule has 2 aromatic carbocycles. The Morgan fingerprint density at radius 1 is 1.14 bits per heavy atom. The molecule has 0 aliphatic heterocycles. The van der Waals surface area contributed by atoms with Crippen molar-refractivity contribution in [3.63, 3.8) is 0 Å². The van der Waals surface area contributed by atoms with Gasteiger partial charge in [0, 0.05) is 20.0 Å². The average Bonchev–Trinajstić information content (AvgIpc) is 3.19. The fourth-order valence-corrected chi connectivity index (χ4v) is 2.75. The molecule has 152 valence electrons. The Kier molecular flexibility index (Phi) is 6.84. The molecule has 0 saturated carbocycles. The smallest absolute Gasteiger partial charge is 0.264 e. The van der Waals surface area contributed by atoms with Crippen LogP contribution in [-0.2, 0) is 17.8 Å². The lowest BCUT2D eigenvalue weighted by Crippen LogP contribution is -2.39. The van der Waals surface area contributed by atoms with Gasteiger partial charge in [-0.05, 0) is 37.6 Å². The molecule has 1 heterocycles. The lowest BCUT2D eigenvalue weighted by Gasteiger charge is -2.21. The van der Waals surface area contributed by atoms with E-state index in [0.717, 1.165) is 11.3 Å². The van der Waals surface area contributed by atoms with Crippen molar-refractivity contribution in [2.75, 3.05) is 13.6 Å². The summed E-state index contributed by atoms with van der Waals surface area (Å²) in [5, 5.41) is 3.96. The number of likely N-dealkylation sites (N-methyl/N-ethyl adjacent to an activating group) is 1. The molecule has 0 N–H and O–H groups in total. The van der Waals surface area contributed by atoms with Crippen LogP contribution in [0.5, 0.6) is 11.5 Å². The quantitative estimate of drug-likeness (QED) is 0.552. The number of rotatable bonds is 9. The number of nitrogens with zero attached hydrogens (tertiary/aromatic N) is 3. The summed E-state index contributed by atoms with van der Waals surface area (Å²) in [4.78, 5) is 18.4. The Labute approximate surface area is 170 Å². The molecule has 1 aromatic heterocycles. The van der Waals surface area contributed by atoms with Gasteiger partial charge in [-0.25, -0.2) is 0 Å². The number of carbonyl (C=O) groups is 1. The van der Waals surface area contributed by atoms with Crippen LogP contribution in [0.3, 0.4) is 0 Å². The number of hydrogen-bond acceptors (Lipinski definition) is 6. The molecular formula is C22H25N3O4. The van der Waals surface area contributed by atoms with Gasteiger partial charge < -0.3 is 18.9 Å². The van der Waals surface area contributed by atoms with Crippen molar-refractivity contribution < 1.29 is 18.8 Å². The van der Waals surface area contributed by atoms with Crippen LogP contribution in [0.25, 0.3) is 0 Å². The van der Waals surface area contributed by atoms with E-state index in [-0.39, 0.29) is 12.5 Å². The van der Waals surface area contributed by atoms with Gasteiger partial charge in [0.1, 0.15) is 11.5 Å². The molecule has 1 amide bonds. The Hall–Kier alpha value is -3.35. The second kappa shape index (κ2) is 9.73. The van der Waals surface area contributed by atoms with Crippen molar-refractivity contribution in [1.29, 1.82) is 0 Å². The minimum Gasteiger partial charge on any atom is -0.483 e. The lowest BCUT2D eigenvalue weighted by atomic mass is 10.2. The fraction of sp³-hybridized carbons (Fsp3) is 0.318. The SMILES string of the molecule is Cc1ccccc1OCc1nc(CCN(C)C(=O)[C@@H](C)Oc2ccccc2)no1. The van der Waals surface area contributed by atoms with E-state index in [9.17, 15) is 4.79 Å². The van der Waals surface area contributed by atoms with Crippen LogP contribution >= 0.6 is 0 Å². The van der Waals surface area contributed by atoms with Crippen molar-refractivity contribution in [3.05, 3.63) is 71.9 Å². The number of carbonyl (C=O) groups excluding carboxylic acids is 1. The summed E-state index contributed by atoms with van der Waals surface area (Å²) in [5.41, 5.74) is 1.04. The molecule has 0 unspecified atom stereocenters. The van der Waals surface area contributed by atoms with E-state index in [2.05, 4.69) is 10.1 Å². The first-order chi connectivity index (χ1) is 14.0. The van der Waals surface area contributed by atoms with Crippen LogP contribution in [0.4, 0.5) is 0 Å². The van der Waals surface area contributed by atoms with Crippen LogP contribution in [0.2, 0.25) is 0 Å². The summed E-state index contributed by atoms with van der Waals surface area (Å²) in [7, 11) is 1.73. The van der Waals surface area contributed by atoms with Gasteiger partial charge in [-0.1, -0.05) is 41.6 Å². The molecule has 0 bridgehead atoms.